The highest BCUT2D eigenvalue weighted by Crippen LogP contribution is 2.27. The van der Waals surface area contributed by atoms with Crippen LogP contribution >= 0.6 is 11.8 Å². The van der Waals surface area contributed by atoms with Gasteiger partial charge in [-0.3, -0.25) is 9.36 Å². The molecule has 4 aromatic rings. The number of amides is 1. The minimum atomic E-state index is 0.164. The SMILES string of the molecule is O=C(CSc1nnc(-c2ccccc2)n1Cc1ccco1)N1CCC(Cc2ccccc2)CC1. The number of benzene rings is 2. The predicted octanol–water partition coefficient (Wildman–Crippen LogP) is 5.16. The van der Waals surface area contributed by atoms with E-state index in [1.807, 2.05) is 51.9 Å². The first kappa shape index (κ1) is 22.5. The normalized spacial score (nSPS) is 14.4. The van der Waals surface area contributed by atoms with Gasteiger partial charge >= 0.3 is 0 Å². The highest BCUT2D eigenvalue weighted by molar-refractivity contribution is 7.99. The smallest absolute Gasteiger partial charge is 0.233 e. The Kier molecular flexibility index (Phi) is 7.10. The zero-order chi connectivity index (χ0) is 23.2. The molecule has 3 heterocycles. The molecule has 2 aromatic heterocycles. The van der Waals surface area contributed by atoms with E-state index in [-0.39, 0.29) is 5.91 Å². The molecule has 2 aromatic carbocycles. The van der Waals surface area contributed by atoms with E-state index < -0.39 is 0 Å². The van der Waals surface area contributed by atoms with E-state index in [0.29, 0.717) is 18.2 Å². The number of carbonyl (C=O) groups excluding carboxylic acids is 1. The van der Waals surface area contributed by atoms with Crippen LogP contribution < -0.4 is 0 Å². The molecule has 1 amide bonds. The third-order valence-electron chi connectivity index (χ3n) is 6.30. The fourth-order valence-electron chi connectivity index (χ4n) is 4.45. The third-order valence-corrected chi connectivity index (χ3v) is 7.25. The van der Waals surface area contributed by atoms with Crippen LogP contribution in [0.5, 0.6) is 0 Å². The molecule has 6 nitrogen and oxygen atoms in total. The third kappa shape index (κ3) is 5.42. The number of aromatic nitrogens is 3. The van der Waals surface area contributed by atoms with Crippen LogP contribution in [-0.2, 0) is 17.8 Å². The predicted molar refractivity (Wildman–Crippen MR) is 133 cm³/mol. The highest BCUT2D eigenvalue weighted by Gasteiger charge is 2.24. The van der Waals surface area contributed by atoms with Crippen molar-refractivity contribution >= 4 is 17.7 Å². The van der Waals surface area contributed by atoms with E-state index in [9.17, 15) is 4.79 Å². The first-order chi connectivity index (χ1) is 16.8. The molecule has 34 heavy (non-hydrogen) atoms. The first-order valence-electron chi connectivity index (χ1n) is 11.7. The van der Waals surface area contributed by atoms with Gasteiger partial charge in [0.15, 0.2) is 11.0 Å². The molecule has 1 fully saturated rings. The van der Waals surface area contributed by atoms with Gasteiger partial charge in [-0.2, -0.15) is 0 Å². The molecular formula is C27H28N4O2S. The molecule has 0 unspecified atom stereocenters. The van der Waals surface area contributed by atoms with E-state index >= 15 is 0 Å². The minimum Gasteiger partial charge on any atom is -0.467 e. The average Bonchev–Trinajstić information content (AvgIpc) is 3.55. The lowest BCUT2D eigenvalue weighted by Crippen LogP contribution is -2.39. The maximum atomic E-state index is 13.0. The van der Waals surface area contributed by atoms with Crippen molar-refractivity contribution in [1.82, 2.24) is 19.7 Å². The van der Waals surface area contributed by atoms with E-state index in [0.717, 1.165) is 54.7 Å². The Balaban J connectivity index is 1.21. The largest absolute Gasteiger partial charge is 0.467 e. The summed E-state index contributed by atoms with van der Waals surface area (Å²) in [6, 6.07) is 24.4. The number of hydrogen-bond donors (Lipinski definition) is 0. The van der Waals surface area contributed by atoms with E-state index in [1.165, 1.54) is 17.3 Å². The lowest BCUT2D eigenvalue weighted by molar-refractivity contribution is -0.129. The van der Waals surface area contributed by atoms with Crippen LogP contribution in [0.4, 0.5) is 0 Å². The maximum absolute atomic E-state index is 13.0. The summed E-state index contributed by atoms with van der Waals surface area (Å²) in [5.41, 5.74) is 2.37. The second-order valence-corrected chi connectivity index (χ2v) is 9.58. The lowest BCUT2D eigenvalue weighted by Gasteiger charge is -2.32. The summed E-state index contributed by atoms with van der Waals surface area (Å²) in [5.74, 6) is 2.76. The Morgan fingerprint density at radius 3 is 2.38 bits per heavy atom. The molecule has 174 valence electrons. The van der Waals surface area contributed by atoms with Crippen molar-refractivity contribution in [2.45, 2.75) is 31.0 Å². The number of hydrogen-bond acceptors (Lipinski definition) is 5. The molecule has 7 heteroatoms. The Hall–Kier alpha value is -3.32. The maximum Gasteiger partial charge on any atom is 0.233 e. The Morgan fingerprint density at radius 1 is 0.941 bits per heavy atom. The van der Waals surface area contributed by atoms with Gasteiger partial charge < -0.3 is 9.32 Å². The van der Waals surface area contributed by atoms with Crippen molar-refractivity contribution in [2.24, 2.45) is 5.92 Å². The first-order valence-corrected chi connectivity index (χ1v) is 12.7. The number of rotatable bonds is 8. The van der Waals surface area contributed by atoms with E-state index in [2.05, 4.69) is 40.5 Å². The molecule has 0 aliphatic carbocycles. The van der Waals surface area contributed by atoms with Crippen LogP contribution in [-0.4, -0.2) is 44.4 Å². The number of thioether (sulfide) groups is 1. The van der Waals surface area contributed by atoms with Gasteiger partial charge in [-0.25, -0.2) is 0 Å². The van der Waals surface area contributed by atoms with Gasteiger partial charge in [0.1, 0.15) is 5.76 Å². The molecule has 0 radical (unpaired) electrons. The van der Waals surface area contributed by atoms with Gasteiger partial charge in [0, 0.05) is 18.7 Å². The molecule has 0 bridgehead atoms. The second-order valence-electron chi connectivity index (χ2n) is 8.64. The van der Waals surface area contributed by atoms with Crippen LogP contribution in [0.25, 0.3) is 11.4 Å². The van der Waals surface area contributed by atoms with Gasteiger partial charge in [-0.05, 0) is 42.9 Å². The average molecular weight is 473 g/mol. The summed E-state index contributed by atoms with van der Waals surface area (Å²) in [5, 5.41) is 9.57. The van der Waals surface area contributed by atoms with Crippen molar-refractivity contribution in [2.75, 3.05) is 18.8 Å². The zero-order valence-electron chi connectivity index (χ0n) is 19.0. The Bertz CT molecular complexity index is 1180. The summed E-state index contributed by atoms with van der Waals surface area (Å²) in [6.07, 6.45) is 4.87. The minimum absolute atomic E-state index is 0.164. The monoisotopic (exact) mass is 472 g/mol. The standard InChI is InChI=1S/C27H28N4O2S/c32-25(30-15-13-22(14-16-30)18-21-8-3-1-4-9-21)20-34-27-29-28-26(23-10-5-2-6-11-23)31(27)19-24-12-7-17-33-24/h1-12,17,22H,13-16,18-20H2. The Labute approximate surface area is 204 Å². The van der Waals surface area contributed by atoms with E-state index in [1.54, 1.807) is 6.26 Å². The summed E-state index contributed by atoms with van der Waals surface area (Å²) < 4.78 is 7.59. The van der Waals surface area contributed by atoms with Gasteiger partial charge in [0.05, 0.1) is 18.6 Å². The number of furan rings is 1. The second kappa shape index (κ2) is 10.7. The van der Waals surface area contributed by atoms with Crippen LogP contribution in [0.15, 0.2) is 88.6 Å². The Morgan fingerprint density at radius 2 is 1.68 bits per heavy atom. The fourth-order valence-corrected chi connectivity index (χ4v) is 5.29. The van der Waals surface area contributed by atoms with Gasteiger partial charge in [0.25, 0.3) is 0 Å². The van der Waals surface area contributed by atoms with Gasteiger partial charge in [0.2, 0.25) is 5.91 Å². The molecule has 1 saturated heterocycles. The molecule has 0 atom stereocenters. The van der Waals surface area contributed by atoms with Gasteiger partial charge in [-0.1, -0.05) is 72.4 Å². The zero-order valence-corrected chi connectivity index (χ0v) is 19.9. The number of carbonyl (C=O) groups is 1. The van der Waals surface area contributed by atoms with Gasteiger partial charge in [-0.15, -0.1) is 10.2 Å². The summed E-state index contributed by atoms with van der Waals surface area (Å²) in [6.45, 7) is 2.17. The van der Waals surface area contributed by atoms with Crippen LogP contribution in [0, 0.1) is 5.92 Å². The molecule has 0 N–H and O–H groups in total. The van der Waals surface area contributed by atoms with Crippen LogP contribution in [0.3, 0.4) is 0 Å². The quantitative estimate of drug-likeness (QED) is 0.332. The molecular weight excluding hydrogens is 444 g/mol. The summed E-state index contributed by atoms with van der Waals surface area (Å²) in [4.78, 5) is 15.0. The summed E-state index contributed by atoms with van der Waals surface area (Å²) in [7, 11) is 0. The van der Waals surface area contributed by atoms with Crippen molar-refractivity contribution in [3.05, 3.63) is 90.4 Å². The van der Waals surface area contributed by atoms with E-state index in [4.69, 9.17) is 4.42 Å². The molecule has 1 aliphatic rings. The lowest BCUT2D eigenvalue weighted by atomic mass is 9.90. The highest BCUT2D eigenvalue weighted by atomic mass is 32.2. The molecule has 0 spiro atoms. The van der Waals surface area contributed by atoms with Crippen molar-refractivity contribution in [1.29, 1.82) is 0 Å². The summed E-state index contributed by atoms with van der Waals surface area (Å²) >= 11 is 1.45. The fraction of sp³-hybridized carbons (Fsp3) is 0.296. The topological polar surface area (TPSA) is 64.2 Å². The molecule has 1 aliphatic heterocycles. The molecule has 0 saturated carbocycles. The molecule has 5 rings (SSSR count). The van der Waals surface area contributed by atoms with Crippen LogP contribution in [0.1, 0.15) is 24.2 Å². The van der Waals surface area contributed by atoms with Crippen molar-refractivity contribution < 1.29 is 9.21 Å². The number of piperidine rings is 1. The van der Waals surface area contributed by atoms with Crippen LogP contribution in [0.2, 0.25) is 0 Å². The van der Waals surface area contributed by atoms with Crippen molar-refractivity contribution in [3.8, 4) is 11.4 Å². The number of likely N-dealkylation sites (tertiary alicyclic amines) is 1. The number of nitrogens with zero attached hydrogens (tertiary/aromatic N) is 4. The van der Waals surface area contributed by atoms with Crippen molar-refractivity contribution in [3.63, 3.8) is 0 Å².